The lowest BCUT2D eigenvalue weighted by atomic mass is 9.99. The SMILES string of the molecule is CN1Cc2cc(NC=O)ccc2CC1=O. The molecule has 4 nitrogen and oxygen atoms in total. The van der Waals surface area contributed by atoms with Crippen LogP contribution in [-0.4, -0.2) is 24.3 Å². The Kier molecular flexibility index (Phi) is 2.41. The molecule has 1 aliphatic rings. The second kappa shape index (κ2) is 3.73. The van der Waals surface area contributed by atoms with E-state index in [-0.39, 0.29) is 5.91 Å². The number of fused-ring (bicyclic) bond motifs is 1. The predicted octanol–water partition coefficient (Wildman–Crippen LogP) is 0.769. The molecule has 4 heteroatoms. The number of nitrogens with one attached hydrogen (secondary N) is 1. The zero-order chi connectivity index (χ0) is 10.8. The van der Waals surface area contributed by atoms with Crippen LogP contribution in [0.2, 0.25) is 0 Å². The summed E-state index contributed by atoms with van der Waals surface area (Å²) in [6, 6.07) is 5.62. The second-order valence-electron chi connectivity index (χ2n) is 3.67. The van der Waals surface area contributed by atoms with Gasteiger partial charge in [-0.25, -0.2) is 0 Å². The molecule has 78 valence electrons. The van der Waals surface area contributed by atoms with Gasteiger partial charge in [0.2, 0.25) is 12.3 Å². The molecule has 1 aliphatic heterocycles. The molecule has 1 heterocycles. The van der Waals surface area contributed by atoms with E-state index in [0.717, 1.165) is 16.8 Å². The fourth-order valence-electron chi connectivity index (χ4n) is 1.74. The van der Waals surface area contributed by atoms with Crippen LogP contribution >= 0.6 is 0 Å². The molecule has 0 fully saturated rings. The zero-order valence-electron chi connectivity index (χ0n) is 8.49. The molecule has 2 rings (SSSR count). The number of amides is 2. The fraction of sp³-hybridized carbons (Fsp3) is 0.273. The van der Waals surface area contributed by atoms with E-state index in [2.05, 4.69) is 5.32 Å². The van der Waals surface area contributed by atoms with Gasteiger partial charge in [-0.05, 0) is 23.3 Å². The van der Waals surface area contributed by atoms with Gasteiger partial charge in [-0.2, -0.15) is 0 Å². The normalized spacial score (nSPS) is 14.7. The number of rotatable bonds is 2. The average molecular weight is 204 g/mol. The van der Waals surface area contributed by atoms with Crippen molar-refractivity contribution in [3.8, 4) is 0 Å². The summed E-state index contributed by atoms with van der Waals surface area (Å²) in [4.78, 5) is 23.4. The monoisotopic (exact) mass is 204 g/mol. The molecule has 1 N–H and O–H groups in total. The third-order valence-electron chi connectivity index (χ3n) is 2.61. The van der Waals surface area contributed by atoms with Crippen molar-refractivity contribution in [2.45, 2.75) is 13.0 Å². The van der Waals surface area contributed by atoms with Crippen molar-refractivity contribution in [3.05, 3.63) is 29.3 Å². The molecular formula is C11H12N2O2. The molecule has 0 atom stereocenters. The topological polar surface area (TPSA) is 49.4 Å². The average Bonchev–Trinajstić information content (AvgIpc) is 2.21. The highest BCUT2D eigenvalue weighted by Gasteiger charge is 2.19. The van der Waals surface area contributed by atoms with Crippen molar-refractivity contribution < 1.29 is 9.59 Å². The minimum absolute atomic E-state index is 0.138. The lowest BCUT2D eigenvalue weighted by Crippen LogP contribution is -2.32. The molecule has 2 amide bonds. The van der Waals surface area contributed by atoms with E-state index in [9.17, 15) is 9.59 Å². The first-order valence-electron chi connectivity index (χ1n) is 4.76. The Hall–Kier alpha value is -1.84. The Morgan fingerprint density at radius 3 is 2.93 bits per heavy atom. The quantitative estimate of drug-likeness (QED) is 0.723. The number of carbonyl (C=O) groups is 2. The van der Waals surface area contributed by atoms with Crippen LogP contribution in [0.25, 0.3) is 0 Å². The van der Waals surface area contributed by atoms with E-state index in [1.54, 1.807) is 11.9 Å². The number of likely N-dealkylation sites (N-methyl/N-ethyl adjacent to an activating group) is 1. The van der Waals surface area contributed by atoms with E-state index in [1.165, 1.54) is 0 Å². The van der Waals surface area contributed by atoms with Crippen LogP contribution in [0, 0.1) is 0 Å². The van der Waals surface area contributed by atoms with Crippen LogP contribution in [0.1, 0.15) is 11.1 Å². The molecule has 0 unspecified atom stereocenters. The van der Waals surface area contributed by atoms with E-state index in [1.807, 2.05) is 18.2 Å². The maximum absolute atomic E-state index is 11.4. The summed E-state index contributed by atoms with van der Waals surface area (Å²) in [5.41, 5.74) is 2.92. The Morgan fingerprint density at radius 2 is 2.20 bits per heavy atom. The minimum atomic E-state index is 0.138. The van der Waals surface area contributed by atoms with Crippen LogP contribution in [0.4, 0.5) is 5.69 Å². The molecule has 15 heavy (non-hydrogen) atoms. The van der Waals surface area contributed by atoms with Gasteiger partial charge >= 0.3 is 0 Å². The van der Waals surface area contributed by atoms with Gasteiger partial charge in [-0.3, -0.25) is 9.59 Å². The van der Waals surface area contributed by atoms with Crippen LogP contribution in [-0.2, 0) is 22.6 Å². The number of benzene rings is 1. The number of nitrogens with zero attached hydrogens (tertiary/aromatic N) is 1. The summed E-state index contributed by atoms with van der Waals surface area (Å²) in [5, 5.41) is 2.60. The summed E-state index contributed by atoms with van der Waals surface area (Å²) in [6.07, 6.45) is 1.10. The third-order valence-corrected chi connectivity index (χ3v) is 2.61. The van der Waals surface area contributed by atoms with Gasteiger partial charge in [0, 0.05) is 19.3 Å². The summed E-state index contributed by atoms with van der Waals surface area (Å²) >= 11 is 0. The minimum Gasteiger partial charge on any atom is -0.341 e. The van der Waals surface area contributed by atoms with Crippen LogP contribution in [0.15, 0.2) is 18.2 Å². The highest BCUT2D eigenvalue weighted by atomic mass is 16.2. The largest absolute Gasteiger partial charge is 0.341 e. The number of hydrogen-bond donors (Lipinski definition) is 1. The van der Waals surface area contributed by atoms with E-state index >= 15 is 0 Å². The fourth-order valence-corrected chi connectivity index (χ4v) is 1.74. The summed E-state index contributed by atoms with van der Waals surface area (Å²) in [6.45, 7) is 0.614. The van der Waals surface area contributed by atoms with Gasteiger partial charge in [-0.15, -0.1) is 0 Å². The van der Waals surface area contributed by atoms with Crippen LogP contribution in [0.5, 0.6) is 0 Å². The van der Waals surface area contributed by atoms with Gasteiger partial charge in [-0.1, -0.05) is 6.07 Å². The van der Waals surface area contributed by atoms with Crippen molar-refractivity contribution >= 4 is 18.0 Å². The Balaban J connectivity index is 2.32. The molecule has 1 aromatic carbocycles. The molecule has 0 bridgehead atoms. The van der Waals surface area contributed by atoms with Gasteiger partial charge < -0.3 is 10.2 Å². The van der Waals surface area contributed by atoms with Crippen LogP contribution < -0.4 is 5.32 Å². The van der Waals surface area contributed by atoms with Crippen molar-refractivity contribution in [1.82, 2.24) is 4.90 Å². The second-order valence-corrected chi connectivity index (χ2v) is 3.67. The van der Waals surface area contributed by atoms with E-state index < -0.39 is 0 Å². The Bertz CT molecular complexity index is 415. The van der Waals surface area contributed by atoms with E-state index in [4.69, 9.17) is 0 Å². The smallest absolute Gasteiger partial charge is 0.227 e. The maximum Gasteiger partial charge on any atom is 0.227 e. The third kappa shape index (κ3) is 1.83. The predicted molar refractivity (Wildman–Crippen MR) is 56.3 cm³/mol. The van der Waals surface area contributed by atoms with Gasteiger partial charge in [0.1, 0.15) is 0 Å². The molecule has 0 radical (unpaired) electrons. The first-order valence-corrected chi connectivity index (χ1v) is 4.76. The first kappa shape index (κ1) is 9.71. The Morgan fingerprint density at radius 1 is 1.40 bits per heavy atom. The van der Waals surface area contributed by atoms with Gasteiger partial charge in [0.25, 0.3) is 0 Å². The number of carbonyl (C=O) groups excluding carboxylic acids is 2. The van der Waals surface area contributed by atoms with E-state index in [0.29, 0.717) is 19.4 Å². The van der Waals surface area contributed by atoms with Crippen molar-refractivity contribution in [2.75, 3.05) is 12.4 Å². The Labute approximate surface area is 87.9 Å². The molecule has 0 spiro atoms. The summed E-state index contributed by atoms with van der Waals surface area (Å²) in [7, 11) is 1.78. The van der Waals surface area contributed by atoms with Crippen molar-refractivity contribution in [3.63, 3.8) is 0 Å². The molecule has 0 saturated carbocycles. The number of anilines is 1. The number of hydrogen-bond acceptors (Lipinski definition) is 2. The first-order chi connectivity index (χ1) is 7.20. The summed E-state index contributed by atoms with van der Waals surface area (Å²) < 4.78 is 0. The zero-order valence-corrected chi connectivity index (χ0v) is 8.49. The standard InChI is InChI=1S/C11H12N2O2/c1-13-6-9-4-10(12-7-14)3-2-8(9)5-11(13)15/h2-4,7H,5-6H2,1H3,(H,12,14). The molecule has 0 aliphatic carbocycles. The lowest BCUT2D eigenvalue weighted by molar-refractivity contribution is -0.130. The van der Waals surface area contributed by atoms with Crippen molar-refractivity contribution in [2.24, 2.45) is 0 Å². The van der Waals surface area contributed by atoms with Gasteiger partial charge in [0.05, 0.1) is 6.42 Å². The van der Waals surface area contributed by atoms with Gasteiger partial charge in [0.15, 0.2) is 0 Å². The molecular weight excluding hydrogens is 192 g/mol. The van der Waals surface area contributed by atoms with Crippen molar-refractivity contribution in [1.29, 1.82) is 0 Å². The van der Waals surface area contributed by atoms with Crippen LogP contribution in [0.3, 0.4) is 0 Å². The summed E-state index contributed by atoms with van der Waals surface area (Å²) in [5.74, 6) is 0.138. The lowest BCUT2D eigenvalue weighted by Gasteiger charge is -2.25. The molecule has 1 aromatic rings. The molecule has 0 aromatic heterocycles. The highest BCUT2D eigenvalue weighted by Crippen LogP contribution is 2.22. The highest BCUT2D eigenvalue weighted by molar-refractivity contribution is 5.81. The maximum atomic E-state index is 11.4. The molecule has 0 saturated heterocycles.